The largest absolute Gasteiger partial charge is 0.297 e. The fraction of sp³-hybridized carbons (Fsp3) is 1.00. The highest BCUT2D eigenvalue weighted by molar-refractivity contribution is 5.01. The molecule has 13 heavy (non-hydrogen) atoms. The van der Waals surface area contributed by atoms with Crippen LogP contribution < -0.4 is 0 Å². The first-order valence-electron chi connectivity index (χ1n) is 6.12. The Hall–Kier alpha value is -0.0400. The number of fused-ring (bicyclic) bond motifs is 1. The first-order valence-corrected chi connectivity index (χ1v) is 6.12. The van der Waals surface area contributed by atoms with E-state index in [9.17, 15) is 0 Å². The van der Waals surface area contributed by atoms with Gasteiger partial charge >= 0.3 is 0 Å². The van der Waals surface area contributed by atoms with Crippen LogP contribution in [0.25, 0.3) is 0 Å². The molecule has 4 unspecified atom stereocenters. The normalized spacial score (nSPS) is 50.5. The first kappa shape index (κ1) is 8.28. The summed E-state index contributed by atoms with van der Waals surface area (Å²) >= 11 is 0. The number of likely N-dealkylation sites (tertiary alicyclic amines) is 1. The minimum Gasteiger partial charge on any atom is -0.297 e. The molecule has 2 saturated carbocycles. The van der Waals surface area contributed by atoms with Gasteiger partial charge < -0.3 is 0 Å². The van der Waals surface area contributed by atoms with Gasteiger partial charge in [0.1, 0.15) is 0 Å². The van der Waals surface area contributed by atoms with E-state index in [2.05, 4.69) is 11.8 Å². The van der Waals surface area contributed by atoms with Crippen molar-refractivity contribution >= 4 is 0 Å². The average Bonchev–Trinajstić information content (AvgIpc) is 2.62. The maximum Gasteiger partial charge on any atom is 0.0139 e. The van der Waals surface area contributed by atoms with Gasteiger partial charge in [-0.2, -0.15) is 0 Å². The van der Waals surface area contributed by atoms with E-state index >= 15 is 0 Å². The van der Waals surface area contributed by atoms with Gasteiger partial charge in [-0.1, -0.05) is 19.8 Å². The third-order valence-electron chi connectivity index (χ3n) is 4.73. The second kappa shape index (κ2) is 2.98. The van der Waals surface area contributed by atoms with Crippen molar-refractivity contribution in [3.05, 3.63) is 0 Å². The smallest absolute Gasteiger partial charge is 0.0139 e. The minimum atomic E-state index is 0.972. The molecule has 1 aliphatic heterocycles. The molecule has 0 N–H and O–H groups in total. The summed E-state index contributed by atoms with van der Waals surface area (Å²) in [4.78, 5) is 2.84. The Bertz CT molecular complexity index is 201. The lowest BCUT2D eigenvalue weighted by Crippen LogP contribution is -2.58. The van der Waals surface area contributed by atoms with Gasteiger partial charge in [-0.15, -0.1) is 0 Å². The summed E-state index contributed by atoms with van der Waals surface area (Å²) in [5.41, 5.74) is 0. The minimum absolute atomic E-state index is 0.972. The third kappa shape index (κ3) is 1.16. The van der Waals surface area contributed by atoms with Crippen LogP contribution in [-0.4, -0.2) is 23.5 Å². The van der Waals surface area contributed by atoms with Crippen LogP contribution in [0.3, 0.4) is 0 Å². The van der Waals surface area contributed by atoms with Crippen molar-refractivity contribution in [2.24, 2.45) is 11.8 Å². The highest BCUT2D eigenvalue weighted by atomic mass is 15.3. The maximum atomic E-state index is 2.84. The highest BCUT2D eigenvalue weighted by Gasteiger charge is 2.46. The summed E-state index contributed by atoms with van der Waals surface area (Å²) in [5, 5.41) is 0. The molecule has 0 spiro atoms. The molecule has 1 heterocycles. The van der Waals surface area contributed by atoms with Gasteiger partial charge in [-0.25, -0.2) is 0 Å². The van der Waals surface area contributed by atoms with E-state index in [1.165, 1.54) is 45.1 Å². The van der Waals surface area contributed by atoms with Crippen molar-refractivity contribution in [2.75, 3.05) is 6.54 Å². The van der Waals surface area contributed by atoms with Crippen molar-refractivity contribution in [3.63, 3.8) is 0 Å². The highest BCUT2D eigenvalue weighted by Crippen LogP contribution is 2.44. The molecular weight excluding hydrogens is 158 g/mol. The molecule has 0 bridgehead atoms. The van der Waals surface area contributed by atoms with Gasteiger partial charge in [0.25, 0.3) is 0 Å². The zero-order valence-corrected chi connectivity index (χ0v) is 8.71. The zero-order chi connectivity index (χ0) is 8.84. The quantitative estimate of drug-likeness (QED) is 0.598. The number of rotatable bonds is 1. The van der Waals surface area contributed by atoms with E-state index in [-0.39, 0.29) is 0 Å². The fourth-order valence-electron chi connectivity index (χ4n) is 3.93. The first-order chi connectivity index (χ1) is 6.36. The van der Waals surface area contributed by atoms with E-state index in [4.69, 9.17) is 0 Å². The average molecular weight is 179 g/mol. The molecule has 1 saturated heterocycles. The Balaban J connectivity index is 1.66. The third-order valence-corrected chi connectivity index (χ3v) is 4.73. The van der Waals surface area contributed by atoms with Gasteiger partial charge in [0, 0.05) is 18.6 Å². The Kier molecular flexibility index (Phi) is 1.90. The molecule has 4 atom stereocenters. The second-order valence-corrected chi connectivity index (χ2v) is 5.43. The van der Waals surface area contributed by atoms with Crippen molar-refractivity contribution in [1.82, 2.24) is 4.90 Å². The molecule has 2 aliphatic carbocycles. The van der Waals surface area contributed by atoms with Crippen molar-refractivity contribution in [3.8, 4) is 0 Å². The lowest BCUT2D eigenvalue weighted by molar-refractivity contribution is -0.0143. The molecule has 0 amide bonds. The van der Waals surface area contributed by atoms with Crippen LogP contribution >= 0.6 is 0 Å². The standard InChI is InChI=1S/C12H21N/c1-9-4-2-6-11(9)13-8-10-5-3-7-12(10)13/h9-12H,2-8H2,1H3. The topological polar surface area (TPSA) is 3.24 Å². The number of hydrogen-bond donors (Lipinski definition) is 0. The van der Waals surface area contributed by atoms with Gasteiger partial charge in [0.2, 0.25) is 0 Å². The lowest BCUT2D eigenvalue weighted by atomic mass is 9.87. The molecule has 3 rings (SSSR count). The summed E-state index contributed by atoms with van der Waals surface area (Å²) in [6.07, 6.45) is 9.01. The Morgan fingerprint density at radius 3 is 2.38 bits per heavy atom. The van der Waals surface area contributed by atoms with Crippen molar-refractivity contribution in [2.45, 2.75) is 57.5 Å². The van der Waals surface area contributed by atoms with Crippen LogP contribution in [0.1, 0.15) is 45.4 Å². The van der Waals surface area contributed by atoms with E-state index in [1.54, 1.807) is 0 Å². The summed E-state index contributed by atoms with van der Waals surface area (Å²) < 4.78 is 0. The molecule has 3 aliphatic rings. The van der Waals surface area contributed by atoms with Crippen LogP contribution in [0, 0.1) is 11.8 Å². The van der Waals surface area contributed by atoms with E-state index in [0.717, 1.165) is 23.9 Å². The molecule has 0 aromatic rings. The molecule has 0 radical (unpaired) electrons. The molecule has 0 aromatic heterocycles. The summed E-state index contributed by atoms with van der Waals surface area (Å²) in [5.74, 6) is 2.09. The monoisotopic (exact) mass is 179 g/mol. The fourth-order valence-corrected chi connectivity index (χ4v) is 3.93. The van der Waals surface area contributed by atoms with Crippen LogP contribution in [0.15, 0.2) is 0 Å². The van der Waals surface area contributed by atoms with Crippen LogP contribution in [0.5, 0.6) is 0 Å². The summed E-state index contributed by atoms with van der Waals surface area (Å²) in [6.45, 7) is 3.90. The van der Waals surface area contributed by atoms with Gasteiger partial charge in [0.05, 0.1) is 0 Å². The van der Waals surface area contributed by atoms with Gasteiger partial charge in [-0.05, 0) is 37.5 Å². The maximum absolute atomic E-state index is 2.84. The Morgan fingerprint density at radius 1 is 0.923 bits per heavy atom. The lowest BCUT2D eigenvalue weighted by Gasteiger charge is -2.49. The Morgan fingerprint density at radius 2 is 1.69 bits per heavy atom. The van der Waals surface area contributed by atoms with Gasteiger partial charge in [0.15, 0.2) is 0 Å². The van der Waals surface area contributed by atoms with E-state index < -0.39 is 0 Å². The molecule has 74 valence electrons. The number of nitrogens with zero attached hydrogens (tertiary/aromatic N) is 1. The SMILES string of the molecule is CC1CCCC1N1CC2CCCC21. The van der Waals surface area contributed by atoms with Gasteiger partial charge in [-0.3, -0.25) is 4.90 Å². The predicted molar refractivity (Wildman–Crippen MR) is 54.6 cm³/mol. The summed E-state index contributed by atoms with van der Waals surface area (Å²) in [6, 6.07) is 1.99. The predicted octanol–water partition coefficient (Wildman–Crippen LogP) is 2.66. The Labute approximate surface area is 81.5 Å². The molecule has 0 aromatic carbocycles. The second-order valence-electron chi connectivity index (χ2n) is 5.43. The number of hydrogen-bond acceptors (Lipinski definition) is 1. The molecular formula is C12H21N. The molecule has 3 fully saturated rings. The van der Waals surface area contributed by atoms with Crippen molar-refractivity contribution < 1.29 is 0 Å². The van der Waals surface area contributed by atoms with E-state index in [0.29, 0.717) is 0 Å². The van der Waals surface area contributed by atoms with E-state index in [1.807, 2.05) is 0 Å². The van der Waals surface area contributed by atoms with Crippen molar-refractivity contribution in [1.29, 1.82) is 0 Å². The summed E-state index contributed by atoms with van der Waals surface area (Å²) in [7, 11) is 0. The van der Waals surface area contributed by atoms with Crippen LogP contribution in [0.2, 0.25) is 0 Å². The zero-order valence-electron chi connectivity index (χ0n) is 8.71. The molecule has 1 nitrogen and oxygen atoms in total. The van der Waals surface area contributed by atoms with Crippen LogP contribution in [0.4, 0.5) is 0 Å². The van der Waals surface area contributed by atoms with Crippen LogP contribution in [-0.2, 0) is 0 Å². The molecule has 1 heteroatoms.